The number of imidazole rings is 1. The van der Waals surface area contributed by atoms with Crippen molar-refractivity contribution >= 4 is 32.4 Å². The van der Waals surface area contributed by atoms with Gasteiger partial charge in [-0.15, -0.1) is 0 Å². The van der Waals surface area contributed by atoms with Crippen molar-refractivity contribution in [2.45, 2.75) is 18.2 Å². The molecule has 8 nitrogen and oxygen atoms in total. The van der Waals surface area contributed by atoms with Crippen LogP contribution < -0.4 is 0 Å². The summed E-state index contributed by atoms with van der Waals surface area (Å²) >= 11 is 0. The molecule has 154 valence electrons. The molecule has 2 N–H and O–H groups in total. The number of fused-ring (bicyclic) bond motifs is 1. The van der Waals surface area contributed by atoms with Crippen LogP contribution in [0.4, 0.5) is 0 Å². The van der Waals surface area contributed by atoms with Gasteiger partial charge in [-0.1, -0.05) is 29.8 Å². The number of nitriles is 1. The Hall–Kier alpha value is -3.64. The molecule has 3 aromatic rings. The highest BCUT2D eigenvalue weighted by Crippen LogP contribution is 2.19. The topological polar surface area (TPSA) is 133 Å². The molecule has 0 aliphatic carbocycles. The number of carbonyl (C=O) groups excluding carboxylic acids is 1. The molecule has 1 aromatic heterocycles. The molecule has 3 rings (SSSR count). The number of esters is 1. The maximum atomic E-state index is 12.3. The van der Waals surface area contributed by atoms with Crippen molar-refractivity contribution in [3.8, 4) is 6.07 Å². The number of nitrogens with zero attached hydrogens (tertiary/aromatic N) is 2. The molecule has 0 aliphatic rings. The van der Waals surface area contributed by atoms with Crippen LogP contribution in [0.3, 0.4) is 0 Å². The van der Waals surface area contributed by atoms with Crippen LogP contribution in [-0.2, 0) is 19.4 Å². The van der Waals surface area contributed by atoms with E-state index in [1.165, 1.54) is 12.1 Å². The van der Waals surface area contributed by atoms with Crippen molar-refractivity contribution in [3.63, 3.8) is 0 Å². The molecular weight excluding hydrogens is 406 g/mol. The predicted molar refractivity (Wildman–Crippen MR) is 110 cm³/mol. The van der Waals surface area contributed by atoms with Gasteiger partial charge in [-0.3, -0.25) is 4.79 Å². The standard InChI is InChI=1S/C21H19N3O5S/c1-14-6-8-15(9-7-14)30(27,28)11-10-20(26)29-13-19(25)16(12-22)21-23-17-4-2-3-5-18(17)24-21/h2-9,25H,10-11,13H2,1H3,(H,23,24). The molecule has 0 aliphatic heterocycles. The molecule has 0 spiro atoms. The molecule has 9 heteroatoms. The average Bonchev–Trinajstić information content (AvgIpc) is 3.15. The van der Waals surface area contributed by atoms with E-state index in [-0.39, 0.29) is 22.7 Å². The number of hydrogen-bond donors (Lipinski definition) is 2. The molecule has 0 saturated heterocycles. The number of hydrogen-bond acceptors (Lipinski definition) is 7. The first-order valence-electron chi connectivity index (χ1n) is 9.02. The van der Waals surface area contributed by atoms with Crippen molar-refractivity contribution in [1.82, 2.24) is 9.97 Å². The quantitative estimate of drug-likeness (QED) is 0.337. The summed E-state index contributed by atoms with van der Waals surface area (Å²) in [5, 5.41) is 19.5. The van der Waals surface area contributed by atoms with Gasteiger partial charge in [-0.2, -0.15) is 5.26 Å². The summed E-state index contributed by atoms with van der Waals surface area (Å²) in [6.45, 7) is 1.28. The second kappa shape index (κ2) is 8.80. The third-order valence-electron chi connectivity index (χ3n) is 4.35. The monoisotopic (exact) mass is 425 g/mol. The summed E-state index contributed by atoms with van der Waals surface area (Å²) in [6, 6.07) is 15.3. The van der Waals surface area contributed by atoms with Crippen molar-refractivity contribution in [2.24, 2.45) is 0 Å². The Kier molecular flexibility index (Phi) is 6.18. The van der Waals surface area contributed by atoms with E-state index in [0.717, 1.165) is 5.56 Å². The number of aryl methyl sites for hydroxylation is 1. The Morgan fingerprint density at radius 1 is 1.20 bits per heavy atom. The summed E-state index contributed by atoms with van der Waals surface area (Å²) in [7, 11) is -3.63. The fourth-order valence-corrected chi connectivity index (χ4v) is 3.92. The van der Waals surface area contributed by atoms with Crippen LogP contribution in [0, 0.1) is 18.3 Å². The lowest BCUT2D eigenvalue weighted by molar-refractivity contribution is -0.142. The minimum atomic E-state index is -3.63. The second-order valence-electron chi connectivity index (χ2n) is 6.58. The number of carbonyl (C=O) groups is 1. The second-order valence-corrected chi connectivity index (χ2v) is 8.69. The van der Waals surface area contributed by atoms with Gasteiger partial charge in [0, 0.05) is 0 Å². The number of aliphatic hydroxyl groups excluding tert-OH is 1. The zero-order valence-electron chi connectivity index (χ0n) is 16.1. The Morgan fingerprint density at radius 3 is 2.57 bits per heavy atom. The van der Waals surface area contributed by atoms with E-state index in [0.29, 0.717) is 11.0 Å². The molecule has 0 radical (unpaired) electrons. The van der Waals surface area contributed by atoms with E-state index in [1.807, 2.05) is 13.0 Å². The fourth-order valence-electron chi connectivity index (χ4n) is 2.70. The van der Waals surface area contributed by atoms with Crippen LogP contribution >= 0.6 is 0 Å². The normalized spacial score (nSPS) is 12.3. The molecule has 0 atom stereocenters. The Morgan fingerprint density at radius 2 is 1.90 bits per heavy atom. The zero-order chi connectivity index (χ0) is 21.7. The number of sulfone groups is 1. The minimum absolute atomic E-state index is 0.125. The lowest BCUT2D eigenvalue weighted by atomic mass is 10.2. The number of allylic oxidation sites excluding steroid dienone is 1. The van der Waals surface area contributed by atoms with E-state index in [1.54, 1.807) is 36.4 Å². The highest BCUT2D eigenvalue weighted by molar-refractivity contribution is 7.91. The lowest BCUT2D eigenvalue weighted by Gasteiger charge is -2.07. The summed E-state index contributed by atoms with van der Waals surface area (Å²) in [5.41, 5.74) is 2.07. The van der Waals surface area contributed by atoms with E-state index < -0.39 is 33.9 Å². The van der Waals surface area contributed by atoms with Crippen LogP contribution in [0.15, 0.2) is 59.2 Å². The first-order valence-corrected chi connectivity index (χ1v) is 10.7. The summed E-state index contributed by atoms with van der Waals surface area (Å²) in [6.07, 6.45) is -0.379. The third-order valence-corrected chi connectivity index (χ3v) is 6.08. The number of para-hydroxylation sites is 2. The molecule has 0 unspecified atom stereocenters. The number of benzene rings is 2. The maximum absolute atomic E-state index is 12.3. The van der Waals surface area contributed by atoms with Crippen molar-refractivity contribution in [3.05, 3.63) is 65.7 Å². The van der Waals surface area contributed by atoms with Crippen molar-refractivity contribution in [1.29, 1.82) is 5.26 Å². The van der Waals surface area contributed by atoms with Crippen LogP contribution in [0.2, 0.25) is 0 Å². The smallest absolute Gasteiger partial charge is 0.307 e. The van der Waals surface area contributed by atoms with Gasteiger partial charge in [-0.25, -0.2) is 13.4 Å². The number of aromatic nitrogens is 2. The Balaban J connectivity index is 1.62. The largest absolute Gasteiger partial charge is 0.507 e. The van der Waals surface area contributed by atoms with E-state index in [4.69, 9.17) is 4.74 Å². The first-order chi connectivity index (χ1) is 14.3. The molecule has 0 amide bonds. The summed E-state index contributed by atoms with van der Waals surface area (Å²) in [4.78, 5) is 19.2. The van der Waals surface area contributed by atoms with E-state index in [2.05, 4.69) is 9.97 Å². The zero-order valence-corrected chi connectivity index (χ0v) is 16.9. The highest BCUT2D eigenvalue weighted by atomic mass is 32.2. The van der Waals surface area contributed by atoms with Gasteiger partial charge in [0.1, 0.15) is 18.2 Å². The van der Waals surface area contributed by atoms with Crippen LogP contribution in [-0.4, -0.2) is 41.8 Å². The first kappa shape index (κ1) is 21.1. The van der Waals surface area contributed by atoms with Gasteiger partial charge in [0.2, 0.25) is 0 Å². The van der Waals surface area contributed by atoms with Crippen molar-refractivity contribution < 1.29 is 23.1 Å². The molecule has 30 heavy (non-hydrogen) atoms. The number of ether oxygens (including phenoxy) is 1. The van der Waals surface area contributed by atoms with Gasteiger partial charge < -0.3 is 14.8 Å². The SMILES string of the molecule is Cc1ccc(S(=O)(=O)CCC(=O)OCC(O)=C(C#N)c2nc3ccccc3[nH]2)cc1. The summed E-state index contributed by atoms with van der Waals surface area (Å²) < 4.78 is 29.5. The number of nitrogens with one attached hydrogen (secondary N) is 1. The summed E-state index contributed by atoms with van der Waals surface area (Å²) in [5.74, 6) is -1.56. The van der Waals surface area contributed by atoms with E-state index in [9.17, 15) is 23.6 Å². The van der Waals surface area contributed by atoms with Gasteiger partial charge in [0.05, 0.1) is 28.1 Å². The van der Waals surface area contributed by atoms with Crippen molar-refractivity contribution in [2.75, 3.05) is 12.4 Å². The number of aromatic amines is 1. The van der Waals surface area contributed by atoms with Gasteiger partial charge in [-0.05, 0) is 31.2 Å². The molecule has 0 fully saturated rings. The van der Waals surface area contributed by atoms with Crippen LogP contribution in [0.5, 0.6) is 0 Å². The molecular formula is C21H19N3O5S. The predicted octanol–water partition coefficient (Wildman–Crippen LogP) is 3.07. The Bertz CT molecular complexity index is 1220. The maximum Gasteiger partial charge on any atom is 0.307 e. The van der Waals surface area contributed by atoms with E-state index >= 15 is 0 Å². The van der Waals surface area contributed by atoms with Gasteiger partial charge >= 0.3 is 5.97 Å². The van der Waals surface area contributed by atoms with Gasteiger partial charge in [0.25, 0.3) is 0 Å². The number of H-pyrrole nitrogens is 1. The average molecular weight is 425 g/mol. The van der Waals surface area contributed by atoms with Crippen LogP contribution in [0.25, 0.3) is 16.6 Å². The molecule has 0 bridgehead atoms. The molecule has 1 heterocycles. The highest BCUT2D eigenvalue weighted by Gasteiger charge is 2.18. The number of aliphatic hydroxyl groups is 1. The lowest BCUT2D eigenvalue weighted by Crippen LogP contribution is -2.15. The minimum Gasteiger partial charge on any atom is -0.507 e. The third kappa shape index (κ3) is 4.85. The Labute approximate surface area is 173 Å². The molecule has 0 saturated carbocycles. The van der Waals surface area contributed by atoms with Gasteiger partial charge in [0.15, 0.2) is 21.4 Å². The van der Waals surface area contributed by atoms with Crippen LogP contribution in [0.1, 0.15) is 17.8 Å². The fraction of sp³-hybridized carbons (Fsp3) is 0.190. The molecule has 2 aromatic carbocycles. The number of rotatable bonds is 7.